The van der Waals surface area contributed by atoms with E-state index in [-0.39, 0.29) is 6.04 Å². The summed E-state index contributed by atoms with van der Waals surface area (Å²) in [5, 5.41) is 16.0. The van der Waals surface area contributed by atoms with E-state index in [0.29, 0.717) is 11.8 Å². The predicted octanol–water partition coefficient (Wildman–Crippen LogP) is 4.13. The highest BCUT2D eigenvalue weighted by molar-refractivity contribution is 5.55. The van der Waals surface area contributed by atoms with Gasteiger partial charge in [0.05, 0.1) is 11.9 Å². The molecule has 0 fully saturated rings. The van der Waals surface area contributed by atoms with Crippen LogP contribution in [0.3, 0.4) is 0 Å². The Morgan fingerprint density at radius 2 is 2.04 bits per heavy atom. The average Bonchev–Trinajstić information content (AvgIpc) is 3.20. The van der Waals surface area contributed by atoms with Gasteiger partial charge >= 0.3 is 0 Å². The first-order valence-corrected chi connectivity index (χ1v) is 8.27. The van der Waals surface area contributed by atoms with Crippen molar-refractivity contribution in [1.29, 1.82) is 0 Å². The molecule has 1 unspecified atom stereocenters. The molecule has 0 saturated carbocycles. The van der Waals surface area contributed by atoms with Crippen molar-refractivity contribution in [2.45, 2.75) is 46.7 Å². The minimum Gasteiger partial charge on any atom is -0.418 e. The molecule has 24 heavy (non-hydrogen) atoms. The first-order chi connectivity index (χ1) is 11.6. The van der Waals surface area contributed by atoms with E-state index in [1.807, 2.05) is 30.1 Å². The molecule has 6 heteroatoms. The SMILES string of the molecule is CCCn1cc(NC(C)c2nnc(-c3ccc(C)c(C)c3)o2)cn1. The van der Waals surface area contributed by atoms with Crippen LogP contribution in [0.2, 0.25) is 0 Å². The van der Waals surface area contributed by atoms with Crippen LogP contribution < -0.4 is 5.32 Å². The van der Waals surface area contributed by atoms with Gasteiger partial charge in [0.15, 0.2) is 0 Å². The van der Waals surface area contributed by atoms with E-state index in [1.54, 1.807) is 0 Å². The molecule has 0 aliphatic rings. The van der Waals surface area contributed by atoms with Crippen molar-refractivity contribution in [3.8, 4) is 11.5 Å². The second-order valence-electron chi connectivity index (χ2n) is 6.10. The van der Waals surface area contributed by atoms with Gasteiger partial charge in [-0.05, 0) is 50.5 Å². The fourth-order valence-corrected chi connectivity index (χ4v) is 2.50. The third-order valence-corrected chi connectivity index (χ3v) is 4.03. The topological polar surface area (TPSA) is 68.8 Å². The number of nitrogens with one attached hydrogen (secondary N) is 1. The molecule has 0 radical (unpaired) electrons. The quantitative estimate of drug-likeness (QED) is 0.738. The fraction of sp³-hybridized carbons (Fsp3) is 0.389. The zero-order chi connectivity index (χ0) is 17.1. The van der Waals surface area contributed by atoms with Gasteiger partial charge in [-0.1, -0.05) is 13.0 Å². The van der Waals surface area contributed by atoms with Crippen LogP contribution in [-0.2, 0) is 6.54 Å². The molecular formula is C18H23N5O. The Balaban J connectivity index is 1.72. The third-order valence-electron chi connectivity index (χ3n) is 4.03. The van der Waals surface area contributed by atoms with Crippen LogP contribution in [-0.4, -0.2) is 20.0 Å². The number of anilines is 1. The lowest BCUT2D eigenvalue weighted by Gasteiger charge is -2.08. The third kappa shape index (κ3) is 3.48. The maximum Gasteiger partial charge on any atom is 0.247 e. The molecule has 2 aromatic heterocycles. The summed E-state index contributed by atoms with van der Waals surface area (Å²) in [5.41, 5.74) is 4.35. The second kappa shape index (κ2) is 6.86. The number of benzene rings is 1. The van der Waals surface area contributed by atoms with Crippen LogP contribution in [0.1, 0.15) is 43.3 Å². The fourth-order valence-electron chi connectivity index (χ4n) is 2.50. The lowest BCUT2D eigenvalue weighted by atomic mass is 10.1. The maximum absolute atomic E-state index is 5.84. The lowest BCUT2D eigenvalue weighted by Crippen LogP contribution is -2.06. The molecule has 1 atom stereocenters. The van der Waals surface area contributed by atoms with Crippen molar-refractivity contribution >= 4 is 5.69 Å². The monoisotopic (exact) mass is 325 g/mol. The lowest BCUT2D eigenvalue weighted by molar-refractivity contribution is 0.485. The molecule has 1 aromatic carbocycles. The number of nitrogens with zero attached hydrogens (tertiary/aromatic N) is 4. The molecule has 1 N–H and O–H groups in total. The first-order valence-electron chi connectivity index (χ1n) is 8.27. The van der Waals surface area contributed by atoms with Crippen LogP contribution in [0.15, 0.2) is 35.0 Å². The zero-order valence-corrected chi connectivity index (χ0v) is 14.6. The van der Waals surface area contributed by atoms with Crippen molar-refractivity contribution in [3.63, 3.8) is 0 Å². The summed E-state index contributed by atoms with van der Waals surface area (Å²) in [5.74, 6) is 1.11. The molecule has 0 amide bonds. The summed E-state index contributed by atoms with van der Waals surface area (Å²) in [6, 6.07) is 6.06. The van der Waals surface area contributed by atoms with Crippen molar-refractivity contribution in [1.82, 2.24) is 20.0 Å². The van der Waals surface area contributed by atoms with E-state index in [1.165, 1.54) is 11.1 Å². The number of rotatable bonds is 6. The van der Waals surface area contributed by atoms with Gasteiger partial charge in [0, 0.05) is 18.3 Å². The standard InChI is InChI=1S/C18H23N5O/c1-5-8-23-11-16(10-19-23)20-14(4)17-21-22-18(24-17)15-7-6-12(2)13(3)9-15/h6-7,9-11,14,20H,5,8H2,1-4H3. The van der Waals surface area contributed by atoms with Gasteiger partial charge in [0.2, 0.25) is 11.8 Å². The van der Waals surface area contributed by atoms with Gasteiger partial charge in [0.25, 0.3) is 0 Å². The molecule has 3 aromatic rings. The van der Waals surface area contributed by atoms with E-state index in [4.69, 9.17) is 4.42 Å². The summed E-state index contributed by atoms with van der Waals surface area (Å²) < 4.78 is 7.76. The molecule has 0 spiro atoms. The van der Waals surface area contributed by atoms with Gasteiger partial charge in [0.1, 0.15) is 6.04 Å². The Kier molecular flexibility index (Phi) is 4.64. The van der Waals surface area contributed by atoms with Crippen LogP contribution in [0.5, 0.6) is 0 Å². The van der Waals surface area contributed by atoms with Crippen molar-refractivity contribution in [2.24, 2.45) is 0 Å². The Bertz CT molecular complexity index is 820. The van der Waals surface area contributed by atoms with Crippen molar-refractivity contribution in [3.05, 3.63) is 47.6 Å². The first kappa shape index (κ1) is 16.2. The molecule has 0 bridgehead atoms. The van der Waals surface area contributed by atoms with Gasteiger partial charge in [-0.25, -0.2) is 0 Å². The Hall–Kier alpha value is -2.63. The summed E-state index contributed by atoms with van der Waals surface area (Å²) in [7, 11) is 0. The minimum atomic E-state index is -0.0860. The van der Waals surface area contributed by atoms with Crippen molar-refractivity contribution in [2.75, 3.05) is 5.32 Å². The molecular weight excluding hydrogens is 302 g/mol. The van der Waals surface area contributed by atoms with E-state index >= 15 is 0 Å². The number of aromatic nitrogens is 4. The van der Waals surface area contributed by atoms with Crippen LogP contribution in [0, 0.1) is 13.8 Å². The Morgan fingerprint density at radius 1 is 1.21 bits per heavy atom. The molecule has 6 nitrogen and oxygen atoms in total. The summed E-state index contributed by atoms with van der Waals surface area (Å²) in [6.45, 7) is 9.20. The van der Waals surface area contributed by atoms with Crippen LogP contribution >= 0.6 is 0 Å². The number of aryl methyl sites for hydroxylation is 3. The summed E-state index contributed by atoms with van der Waals surface area (Å²) >= 11 is 0. The number of hydrogen-bond donors (Lipinski definition) is 1. The van der Waals surface area contributed by atoms with E-state index in [2.05, 4.69) is 53.5 Å². The van der Waals surface area contributed by atoms with Crippen LogP contribution in [0.4, 0.5) is 5.69 Å². The van der Waals surface area contributed by atoms with Gasteiger partial charge in [-0.15, -0.1) is 10.2 Å². The molecule has 0 saturated heterocycles. The van der Waals surface area contributed by atoms with E-state index in [0.717, 1.165) is 24.2 Å². The number of hydrogen-bond acceptors (Lipinski definition) is 5. The smallest absolute Gasteiger partial charge is 0.247 e. The summed E-state index contributed by atoms with van der Waals surface area (Å²) in [6.07, 6.45) is 4.85. The normalized spacial score (nSPS) is 12.3. The molecule has 2 heterocycles. The summed E-state index contributed by atoms with van der Waals surface area (Å²) in [4.78, 5) is 0. The molecule has 126 valence electrons. The van der Waals surface area contributed by atoms with Gasteiger partial charge in [-0.3, -0.25) is 4.68 Å². The zero-order valence-electron chi connectivity index (χ0n) is 14.6. The van der Waals surface area contributed by atoms with E-state index < -0.39 is 0 Å². The second-order valence-corrected chi connectivity index (χ2v) is 6.10. The predicted molar refractivity (Wildman–Crippen MR) is 93.8 cm³/mol. The highest BCUT2D eigenvalue weighted by Crippen LogP contribution is 2.24. The van der Waals surface area contributed by atoms with Crippen molar-refractivity contribution < 1.29 is 4.42 Å². The largest absolute Gasteiger partial charge is 0.418 e. The maximum atomic E-state index is 5.84. The minimum absolute atomic E-state index is 0.0860. The van der Waals surface area contributed by atoms with Gasteiger partial charge in [-0.2, -0.15) is 5.10 Å². The molecule has 3 rings (SSSR count). The highest BCUT2D eigenvalue weighted by Gasteiger charge is 2.16. The van der Waals surface area contributed by atoms with Crippen LogP contribution in [0.25, 0.3) is 11.5 Å². The molecule has 0 aliphatic heterocycles. The van der Waals surface area contributed by atoms with Gasteiger partial charge < -0.3 is 9.73 Å². The highest BCUT2D eigenvalue weighted by atomic mass is 16.4. The van der Waals surface area contributed by atoms with E-state index in [9.17, 15) is 0 Å². The Morgan fingerprint density at radius 3 is 2.79 bits per heavy atom. The molecule has 0 aliphatic carbocycles. The average molecular weight is 325 g/mol. The Labute approximate surface area is 141 Å².